The molecule has 1 atom stereocenters. The maximum atomic E-state index is 6.19. The number of rotatable bonds is 4. The highest BCUT2D eigenvalue weighted by Gasteiger charge is 2.10. The molecule has 0 bridgehead atoms. The zero-order valence-electron chi connectivity index (χ0n) is 12.6. The second-order valence-electron chi connectivity index (χ2n) is 5.29. The molecular formula is C18H22ClN. The summed E-state index contributed by atoms with van der Waals surface area (Å²) in [5.74, 6) is 0. The van der Waals surface area contributed by atoms with Gasteiger partial charge in [0, 0.05) is 11.1 Å². The van der Waals surface area contributed by atoms with E-state index in [1.807, 2.05) is 13.1 Å². The summed E-state index contributed by atoms with van der Waals surface area (Å²) in [6.07, 6.45) is 1.08. The number of hydrogen-bond donors (Lipinski definition) is 1. The Balaban J connectivity index is 2.48. The topological polar surface area (TPSA) is 12.0 Å². The fourth-order valence-electron chi connectivity index (χ4n) is 2.62. The molecule has 0 radical (unpaired) electrons. The summed E-state index contributed by atoms with van der Waals surface area (Å²) in [5.41, 5.74) is 6.20. The first-order chi connectivity index (χ1) is 9.56. The monoisotopic (exact) mass is 287 g/mol. The minimum absolute atomic E-state index is 0.406. The lowest BCUT2D eigenvalue weighted by atomic mass is 9.95. The molecule has 1 unspecified atom stereocenters. The van der Waals surface area contributed by atoms with Crippen molar-refractivity contribution in [2.45, 2.75) is 33.2 Å². The zero-order chi connectivity index (χ0) is 14.7. The Morgan fingerprint density at radius 2 is 1.85 bits per heavy atom. The Morgan fingerprint density at radius 1 is 1.10 bits per heavy atom. The fraction of sp³-hybridized carbons (Fsp3) is 0.333. The molecule has 0 heterocycles. The van der Waals surface area contributed by atoms with Gasteiger partial charge in [0.1, 0.15) is 0 Å². The molecule has 0 aliphatic heterocycles. The summed E-state index contributed by atoms with van der Waals surface area (Å²) >= 11 is 6.19. The van der Waals surface area contributed by atoms with Crippen LogP contribution in [-0.2, 0) is 0 Å². The van der Waals surface area contributed by atoms with E-state index in [9.17, 15) is 0 Å². The molecular weight excluding hydrogens is 266 g/mol. The second-order valence-corrected chi connectivity index (χ2v) is 5.70. The van der Waals surface area contributed by atoms with Crippen LogP contribution in [0.2, 0.25) is 5.02 Å². The molecule has 0 saturated heterocycles. The molecule has 0 aliphatic rings. The normalized spacial score (nSPS) is 12.4. The average molecular weight is 288 g/mol. The van der Waals surface area contributed by atoms with E-state index >= 15 is 0 Å². The molecule has 2 aromatic rings. The first-order valence-corrected chi connectivity index (χ1v) is 7.49. The maximum absolute atomic E-state index is 6.19. The van der Waals surface area contributed by atoms with Crippen molar-refractivity contribution in [3.05, 3.63) is 58.1 Å². The van der Waals surface area contributed by atoms with Gasteiger partial charge in [-0.2, -0.15) is 0 Å². The predicted octanol–water partition coefficient (Wildman–Crippen LogP) is 5.29. The van der Waals surface area contributed by atoms with Crippen LogP contribution < -0.4 is 5.32 Å². The Labute approximate surface area is 127 Å². The van der Waals surface area contributed by atoms with E-state index in [2.05, 4.69) is 56.4 Å². The molecule has 2 rings (SSSR count). The largest absolute Gasteiger partial charge is 0.313 e. The Kier molecular flexibility index (Phi) is 4.85. The van der Waals surface area contributed by atoms with Gasteiger partial charge in [-0.05, 0) is 73.3 Å². The van der Waals surface area contributed by atoms with Gasteiger partial charge in [0.25, 0.3) is 0 Å². The molecule has 0 aliphatic carbocycles. The van der Waals surface area contributed by atoms with Gasteiger partial charge in [-0.1, -0.05) is 36.7 Å². The van der Waals surface area contributed by atoms with Crippen LogP contribution in [0.3, 0.4) is 0 Å². The van der Waals surface area contributed by atoms with Crippen molar-refractivity contribution in [1.29, 1.82) is 0 Å². The Morgan fingerprint density at radius 3 is 2.50 bits per heavy atom. The lowest BCUT2D eigenvalue weighted by Crippen LogP contribution is -2.15. The van der Waals surface area contributed by atoms with Crippen molar-refractivity contribution in [2.24, 2.45) is 0 Å². The molecule has 20 heavy (non-hydrogen) atoms. The van der Waals surface area contributed by atoms with Crippen LogP contribution in [0.15, 0.2) is 36.4 Å². The van der Waals surface area contributed by atoms with Crippen LogP contribution >= 0.6 is 11.6 Å². The summed E-state index contributed by atoms with van der Waals surface area (Å²) in [4.78, 5) is 0. The van der Waals surface area contributed by atoms with E-state index < -0.39 is 0 Å². The molecule has 0 aromatic heterocycles. The number of benzene rings is 2. The van der Waals surface area contributed by atoms with E-state index in [4.69, 9.17) is 11.6 Å². The van der Waals surface area contributed by atoms with Crippen molar-refractivity contribution in [3.8, 4) is 11.1 Å². The third-order valence-corrected chi connectivity index (χ3v) is 4.27. The van der Waals surface area contributed by atoms with Gasteiger partial charge in [-0.3, -0.25) is 0 Å². The Hall–Kier alpha value is -1.31. The number of aryl methyl sites for hydroxylation is 2. The van der Waals surface area contributed by atoms with E-state index in [0.717, 1.165) is 17.0 Å². The van der Waals surface area contributed by atoms with Gasteiger partial charge in [0.2, 0.25) is 0 Å². The van der Waals surface area contributed by atoms with Gasteiger partial charge in [0.05, 0.1) is 0 Å². The predicted molar refractivity (Wildman–Crippen MR) is 88.5 cm³/mol. The molecule has 1 nitrogen and oxygen atoms in total. The van der Waals surface area contributed by atoms with Gasteiger partial charge < -0.3 is 5.32 Å². The highest BCUT2D eigenvalue weighted by atomic mass is 35.5. The standard InChI is InChI=1S/C18H22ClN/c1-5-18(20-4)15-8-6-7-14(11-15)16-9-13(3)17(19)10-12(16)2/h6-11,18,20H,5H2,1-4H3. The molecule has 1 N–H and O–H groups in total. The van der Waals surface area contributed by atoms with Crippen LogP contribution in [0.4, 0.5) is 0 Å². The van der Waals surface area contributed by atoms with Crippen molar-refractivity contribution in [1.82, 2.24) is 5.32 Å². The number of nitrogens with one attached hydrogen (secondary N) is 1. The van der Waals surface area contributed by atoms with E-state index in [1.54, 1.807) is 0 Å². The summed E-state index contributed by atoms with van der Waals surface area (Å²) in [7, 11) is 2.01. The maximum Gasteiger partial charge on any atom is 0.0438 e. The third-order valence-electron chi connectivity index (χ3n) is 3.86. The third kappa shape index (κ3) is 3.05. The SMILES string of the molecule is CCC(NC)c1cccc(-c2cc(C)c(Cl)cc2C)c1. The zero-order valence-corrected chi connectivity index (χ0v) is 13.4. The second kappa shape index (κ2) is 6.43. The average Bonchev–Trinajstić information content (AvgIpc) is 2.44. The highest BCUT2D eigenvalue weighted by molar-refractivity contribution is 6.31. The molecule has 106 valence electrons. The summed E-state index contributed by atoms with van der Waals surface area (Å²) < 4.78 is 0. The fourth-order valence-corrected chi connectivity index (χ4v) is 2.84. The highest BCUT2D eigenvalue weighted by Crippen LogP contribution is 2.30. The minimum Gasteiger partial charge on any atom is -0.313 e. The first kappa shape index (κ1) is 15.1. The van der Waals surface area contributed by atoms with Crippen LogP contribution in [0.25, 0.3) is 11.1 Å². The van der Waals surface area contributed by atoms with E-state index in [-0.39, 0.29) is 0 Å². The lowest BCUT2D eigenvalue weighted by Gasteiger charge is -2.16. The first-order valence-electron chi connectivity index (χ1n) is 7.11. The number of hydrogen-bond acceptors (Lipinski definition) is 1. The van der Waals surface area contributed by atoms with Crippen LogP contribution in [-0.4, -0.2) is 7.05 Å². The van der Waals surface area contributed by atoms with Crippen LogP contribution in [0.5, 0.6) is 0 Å². The van der Waals surface area contributed by atoms with Gasteiger partial charge in [-0.15, -0.1) is 0 Å². The Bertz CT molecular complexity index is 600. The van der Waals surface area contributed by atoms with Gasteiger partial charge >= 0.3 is 0 Å². The minimum atomic E-state index is 0.406. The van der Waals surface area contributed by atoms with Crippen molar-refractivity contribution in [3.63, 3.8) is 0 Å². The summed E-state index contributed by atoms with van der Waals surface area (Å²) in [6.45, 7) is 6.37. The van der Waals surface area contributed by atoms with Gasteiger partial charge in [0.15, 0.2) is 0 Å². The van der Waals surface area contributed by atoms with Crippen molar-refractivity contribution < 1.29 is 0 Å². The molecule has 0 amide bonds. The molecule has 0 spiro atoms. The summed E-state index contributed by atoms with van der Waals surface area (Å²) in [6, 6.07) is 13.4. The van der Waals surface area contributed by atoms with Crippen LogP contribution in [0, 0.1) is 13.8 Å². The van der Waals surface area contributed by atoms with E-state index in [1.165, 1.54) is 22.3 Å². The van der Waals surface area contributed by atoms with Gasteiger partial charge in [-0.25, -0.2) is 0 Å². The number of halogens is 1. The smallest absolute Gasteiger partial charge is 0.0438 e. The molecule has 0 saturated carbocycles. The van der Waals surface area contributed by atoms with Crippen molar-refractivity contribution in [2.75, 3.05) is 7.05 Å². The van der Waals surface area contributed by atoms with Crippen molar-refractivity contribution >= 4 is 11.6 Å². The molecule has 0 fully saturated rings. The summed E-state index contributed by atoms with van der Waals surface area (Å²) in [5, 5.41) is 4.20. The quantitative estimate of drug-likeness (QED) is 0.805. The van der Waals surface area contributed by atoms with E-state index in [0.29, 0.717) is 6.04 Å². The van der Waals surface area contributed by atoms with Crippen LogP contribution in [0.1, 0.15) is 36.1 Å². The lowest BCUT2D eigenvalue weighted by molar-refractivity contribution is 0.577. The molecule has 2 aromatic carbocycles. The molecule has 2 heteroatoms.